The third-order valence-electron chi connectivity index (χ3n) is 5.55. The van der Waals surface area contributed by atoms with E-state index in [2.05, 4.69) is 15.6 Å². The lowest BCUT2D eigenvalue weighted by Crippen LogP contribution is -2.21. The average Bonchev–Trinajstić information content (AvgIpc) is 2.89. The van der Waals surface area contributed by atoms with Gasteiger partial charge in [0.05, 0.1) is 5.52 Å². The van der Waals surface area contributed by atoms with Crippen LogP contribution in [0, 0.1) is 6.92 Å². The summed E-state index contributed by atoms with van der Waals surface area (Å²) in [7, 11) is 0. The highest BCUT2D eigenvalue weighted by atomic mass is 16.5. The van der Waals surface area contributed by atoms with Gasteiger partial charge in [-0.2, -0.15) is 0 Å². The molecule has 2 heterocycles. The summed E-state index contributed by atoms with van der Waals surface area (Å²) in [5.74, 6) is 0.376. The Balaban J connectivity index is 1.58. The average molecular weight is 477 g/mol. The van der Waals surface area contributed by atoms with Crippen LogP contribution in [-0.2, 0) is 4.79 Å². The summed E-state index contributed by atoms with van der Waals surface area (Å²) < 4.78 is 7.76. The summed E-state index contributed by atoms with van der Waals surface area (Å²) in [4.78, 5) is 30.3. The van der Waals surface area contributed by atoms with Gasteiger partial charge < -0.3 is 15.4 Å². The van der Waals surface area contributed by atoms with Crippen LogP contribution in [0.25, 0.3) is 16.6 Å². The van der Waals surface area contributed by atoms with Crippen molar-refractivity contribution in [2.24, 2.45) is 0 Å². The molecule has 0 unspecified atom stereocenters. The van der Waals surface area contributed by atoms with Gasteiger partial charge in [0, 0.05) is 28.8 Å². The highest BCUT2D eigenvalue weighted by Gasteiger charge is 2.18. The maximum atomic E-state index is 13.4. The third kappa shape index (κ3) is 4.95. The van der Waals surface area contributed by atoms with Crippen LogP contribution in [0.4, 0.5) is 17.2 Å². The quantitative estimate of drug-likeness (QED) is 0.326. The van der Waals surface area contributed by atoms with E-state index < -0.39 is 0 Å². The number of aromatic nitrogens is 2. The zero-order chi connectivity index (χ0) is 24.9. The molecule has 0 radical (unpaired) electrons. The van der Waals surface area contributed by atoms with E-state index in [4.69, 9.17) is 4.74 Å². The molecular weight excluding hydrogens is 452 g/mol. The highest BCUT2D eigenvalue weighted by molar-refractivity contribution is 5.93. The lowest BCUT2D eigenvalue weighted by Gasteiger charge is -2.19. The first-order chi connectivity index (χ1) is 17.6. The fourth-order valence-electron chi connectivity index (χ4n) is 4.00. The molecular formula is C29H24N4O3. The Morgan fingerprint density at radius 1 is 0.861 bits per heavy atom. The number of fused-ring (bicyclic) bond motifs is 1. The number of rotatable bonds is 7. The SMILES string of the molecule is Cc1cc2c(c(OCC(=O)Nc3ccccc3)n1)c(=O)cc(Nc1ccccc1)n2-c1ccccc1. The highest BCUT2D eigenvalue weighted by Crippen LogP contribution is 2.29. The predicted molar refractivity (Wildman–Crippen MR) is 142 cm³/mol. The molecule has 0 fully saturated rings. The van der Waals surface area contributed by atoms with Crippen molar-refractivity contribution in [3.63, 3.8) is 0 Å². The normalized spacial score (nSPS) is 10.7. The molecule has 0 aliphatic heterocycles. The molecule has 0 spiro atoms. The van der Waals surface area contributed by atoms with Gasteiger partial charge in [-0.25, -0.2) is 4.98 Å². The standard InChI is InChI=1S/C29H24N4O3/c1-20-17-24-28(29(30-20)36-19-27(35)32-22-13-7-3-8-14-22)25(34)18-26(31-21-11-5-2-6-12-21)33(24)23-15-9-4-10-16-23/h2-18,31H,19H2,1H3,(H,32,35). The van der Waals surface area contributed by atoms with Gasteiger partial charge in [-0.15, -0.1) is 0 Å². The van der Waals surface area contributed by atoms with Crippen LogP contribution < -0.4 is 20.8 Å². The molecule has 36 heavy (non-hydrogen) atoms. The number of para-hydroxylation sites is 3. The van der Waals surface area contributed by atoms with Gasteiger partial charge in [-0.3, -0.25) is 14.2 Å². The van der Waals surface area contributed by atoms with Crippen LogP contribution in [0.15, 0.2) is 108 Å². The predicted octanol–water partition coefficient (Wildman–Crippen LogP) is 5.46. The Kier molecular flexibility index (Phi) is 6.44. The molecule has 0 atom stereocenters. The summed E-state index contributed by atoms with van der Waals surface area (Å²) in [5, 5.41) is 6.44. The van der Waals surface area contributed by atoms with Crippen LogP contribution in [0.3, 0.4) is 0 Å². The number of nitrogens with zero attached hydrogens (tertiary/aromatic N) is 2. The Bertz CT molecular complexity index is 1570. The van der Waals surface area contributed by atoms with E-state index >= 15 is 0 Å². The van der Waals surface area contributed by atoms with Crippen molar-refractivity contribution in [1.82, 2.24) is 9.55 Å². The van der Waals surface area contributed by atoms with Crippen LogP contribution in [0.5, 0.6) is 5.88 Å². The van der Waals surface area contributed by atoms with E-state index in [9.17, 15) is 9.59 Å². The molecule has 3 aromatic carbocycles. The number of ether oxygens (including phenoxy) is 1. The molecule has 0 bridgehead atoms. The number of anilines is 3. The van der Waals surface area contributed by atoms with Gasteiger partial charge in [0.25, 0.3) is 5.91 Å². The van der Waals surface area contributed by atoms with E-state index in [0.29, 0.717) is 28.1 Å². The molecule has 2 aromatic heterocycles. The largest absolute Gasteiger partial charge is 0.467 e. The molecule has 5 aromatic rings. The second-order valence-electron chi connectivity index (χ2n) is 8.22. The van der Waals surface area contributed by atoms with Crippen molar-refractivity contribution >= 4 is 34.0 Å². The maximum Gasteiger partial charge on any atom is 0.262 e. The van der Waals surface area contributed by atoms with Crippen molar-refractivity contribution < 1.29 is 9.53 Å². The number of benzene rings is 3. The summed E-state index contributed by atoms with van der Waals surface area (Å²) in [6, 6.07) is 31.9. The van der Waals surface area contributed by atoms with Crippen molar-refractivity contribution in [3.8, 4) is 11.6 Å². The van der Waals surface area contributed by atoms with E-state index in [0.717, 1.165) is 11.4 Å². The molecule has 2 N–H and O–H groups in total. The van der Waals surface area contributed by atoms with E-state index in [1.54, 1.807) is 12.1 Å². The molecule has 5 rings (SSSR count). The lowest BCUT2D eigenvalue weighted by molar-refractivity contribution is -0.118. The molecule has 178 valence electrons. The van der Waals surface area contributed by atoms with Gasteiger partial charge in [0.2, 0.25) is 5.88 Å². The zero-order valence-electron chi connectivity index (χ0n) is 19.6. The number of pyridine rings is 2. The Labute approximate surface area is 208 Å². The number of hydrogen-bond acceptors (Lipinski definition) is 5. The first-order valence-electron chi connectivity index (χ1n) is 11.5. The number of nitrogens with one attached hydrogen (secondary N) is 2. The summed E-state index contributed by atoms with van der Waals surface area (Å²) in [6.45, 7) is 1.54. The van der Waals surface area contributed by atoms with Crippen LogP contribution in [0.1, 0.15) is 5.69 Å². The Morgan fingerprint density at radius 3 is 2.14 bits per heavy atom. The molecule has 7 heteroatoms. The Hall–Kier alpha value is -4.91. The van der Waals surface area contributed by atoms with Crippen molar-refractivity contribution in [3.05, 3.63) is 119 Å². The monoisotopic (exact) mass is 476 g/mol. The minimum Gasteiger partial charge on any atom is -0.467 e. The minimum absolute atomic E-state index is 0.120. The number of carbonyl (C=O) groups is 1. The third-order valence-corrected chi connectivity index (χ3v) is 5.55. The van der Waals surface area contributed by atoms with Gasteiger partial charge in [-0.05, 0) is 49.4 Å². The summed E-state index contributed by atoms with van der Waals surface area (Å²) in [5.41, 5.74) is 3.39. The van der Waals surface area contributed by atoms with Crippen LogP contribution in [-0.4, -0.2) is 22.1 Å². The first-order valence-corrected chi connectivity index (χ1v) is 11.5. The van der Waals surface area contributed by atoms with Gasteiger partial charge in [0.15, 0.2) is 12.0 Å². The van der Waals surface area contributed by atoms with Gasteiger partial charge in [0.1, 0.15) is 11.2 Å². The Morgan fingerprint density at radius 2 is 1.47 bits per heavy atom. The zero-order valence-corrected chi connectivity index (χ0v) is 19.6. The lowest BCUT2D eigenvalue weighted by atomic mass is 10.2. The fourth-order valence-corrected chi connectivity index (χ4v) is 4.00. The van der Waals surface area contributed by atoms with E-state index in [-0.39, 0.29) is 23.8 Å². The number of amides is 1. The topological polar surface area (TPSA) is 85.2 Å². The molecule has 7 nitrogen and oxygen atoms in total. The molecule has 0 aliphatic rings. The second-order valence-corrected chi connectivity index (χ2v) is 8.22. The van der Waals surface area contributed by atoms with E-state index in [1.165, 1.54) is 6.07 Å². The van der Waals surface area contributed by atoms with E-state index in [1.807, 2.05) is 96.4 Å². The smallest absolute Gasteiger partial charge is 0.262 e. The number of carbonyl (C=O) groups excluding carboxylic acids is 1. The van der Waals surface area contributed by atoms with Crippen molar-refractivity contribution in [2.45, 2.75) is 6.92 Å². The molecule has 1 amide bonds. The van der Waals surface area contributed by atoms with Gasteiger partial charge >= 0.3 is 0 Å². The second kappa shape index (κ2) is 10.1. The van der Waals surface area contributed by atoms with Crippen LogP contribution in [0.2, 0.25) is 0 Å². The first kappa shape index (κ1) is 22.9. The minimum atomic E-state index is -0.344. The molecule has 0 aliphatic carbocycles. The summed E-state index contributed by atoms with van der Waals surface area (Å²) >= 11 is 0. The molecule has 0 saturated heterocycles. The van der Waals surface area contributed by atoms with Crippen LogP contribution >= 0.6 is 0 Å². The molecule has 0 saturated carbocycles. The number of hydrogen-bond donors (Lipinski definition) is 2. The van der Waals surface area contributed by atoms with Crippen molar-refractivity contribution in [2.75, 3.05) is 17.2 Å². The van der Waals surface area contributed by atoms with Crippen molar-refractivity contribution in [1.29, 1.82) is 0 Å². The number of aryl methyl sites for hydroxylation is 1. The fraction of sp³-hybridized carbons (Fsp3) is 0.0690. The summed E-state index contributed by atoms with van der Waals surface area (Å²) in [6.07, 6.45) is 0. The maximum absolute atomic E-state index is 13.4. The van der Waals surface area contributed by atoms with Gasteiger partial charge in [-0.1, -0.05) is 54.6 Å².